The molecular formula is C9H5BrClF3O. The molecule has 0 amide bonds. The van der Waals surface area contributed by atoms with E-state index in [9.17, 15) is 18.0 Å². The summed E-state index contributed by atoms with van der Waals surface area (Å²) in [5.41, 5.74) is -0.359. The van der Waals surface area contributed by atoms with Crippen molar-refractivity contribution in [2.75, 3.05) is 0 Å². The average Bonchev–Trinajstić information content (AvgIpc) is 2.18. The third kappa shape index (κ3) is 2.34. The fraction of sp³-hybridized carbons (Fsp3) is 0.222. The minimum absolute atomic E-state index is 0.318. The third-order valence-electron chi connectivity index (χ3n) is 1.73. The van der Waals surface area contributed by atoms with Gasteiger partial charge in [0.15, 0.2) is 17.5 Å². The lowest BCUT2D eigenvalue weighted by molar-refractivity contribution is -0.116. The Kier molecular flexibility index (Phi) is 3.78. The van der Waals surface area contributed by atoms with Crippen molar-refractivity contribution in [3.63, 3.8) is 0 Å². The molecule has 0 saturated heterocycles. The van der Waals surface area contributed by atoms with E-state index in [4.69, 9.17) is 11.6 Å². The van der Waals surface area contributed by atoms with Crippen LogP contribution in [-0.2, 0) is 11.2 Å². The van der Waals surface area contributed by atoms with Gasteiger partial charge in [-0.05, 0) is 22.9 Å². The highest BCUT2D eigenvalue weighted by atomic mass is 79.9. The molecule has 0 heterocycles. The molecule has 0 fully saturated rings. The molecule has 15 heavy (non-hydrogen) atoms. The molecule has 0 radical (unpaired) electrons. The van der Waals surface area contributed by atoms with E-state index in [1.54, 1.807) is 0 Å². The van der Waals surface area contributed by atoms with Crippen LogP contribution in [0.4, 0.5) is 13.2 Å². The average molecular weight is 301 g/mol. The second kappa shape index (κ2) is 4.53. The minimum Gasteiger partial charge on any atom is -0.300 e. The van der Waals surface area contributed by atoms with Gasteiger partial charge in [-0.25, -0.2) is 13.2 Å². The van der Waals surface area contributed by atoms with Gasteiger partial charge in [-0.2, -0.15) is 0 Å². The molecule has 6 heteroatoms. The van der Waals surface area contributed by atoms with Crippen LogP contribution in [0.3, 0.4) is 0 Å². The number of carbonyl (C=O) groups excluding carboxylic acids is 1. The summed E-state index contributed by atoms with van der Waals surface area (Å²) >= 11 is 7.92. The van der Waals surface area contributed by atoms with Gasteiger partial charge in [-0.3, -0.25) is 4.79 Å². The molecule has 0 saturated carbocycles. The molecule has 1 nitrogen and oxygen atoms in total. The molecule has 0 unspecified atom stereocenters. The first kappa shape index (κ1) is 12.5. The van der Waals surface area contributed by atoms with Gasteiger partial charge < -0.3 is 0 Å². The first-order chi connectivity index (χ1) is 6.86. The molecule has 0 aromatic heterocycles. The van der Waals surface area contributed by atoms with E-state index in [1.807, 2.05) is 0 Å². The maximum absolute atomic E-state index is 13.3. The number of halogens is 5. The summed E-state index contributed by atoms with van der Waals surface area (Å²) in [5.74, 6) is -4.29. The van der Waals surface area contributed by atoms with E-state index in [0.717, 1.165) is 0 Å². The largest absolute Gasteiger partial charge is 0.300 e. The van der Waals surface area contributed by atoms with Gasteiger partial charge in [0.05, 0.1) is 4.47 Å². The van der Waals surface area contributed by atoms with Crippen molar-refractivity contribution in [1.82, 2.24) is 0 Å². The molecule has 0 aliphatic heterocycles. The molecule has 1 aromatic carbocycles. The van der Waals surface area contributed by atoms with E-state index in [-0.39, 0.29) is 10.0 Å². The van der Waals surface area contributed by atoms with Crippen LogP contribution in [0.15, 0.2) is 4.47 Å². The maximum Gasteiger partial charge on any atom is 0.180 e. The summed E-state index contributed by atoms with van der Waals surface area (Å²) in [7, 11) is 0. The number of ketones is 1. The van der Waals surface area contributed by atoms with E-state index in [2.05, 4.69) is 15.9 Å². The number of hydrogen-bond donors (Lipinski definition) is 0. The Hall–Kier alpha value is -0.550. The first-order valence-electron chi connectivity index (χ1n) is 3.86. The van der Waals surface area contributed by atoms with E-state index >= 15 is 0 Å². The predicted octanol–water partition coefficient (Wildman–Crippen LogP) is 3.65. The lowest BCUT2D eigenvalue weighted by Gasteiger charge is -2.08. The zero-order valence-corrected chi connectivity index (χ0v) is 9.85. The number of Topliss-reactive ketones (excluding diaryl/α,β-unsaturated/α-hetero) is 1. The van der Waals surface area contributed by atoms with Gasteiger partial charge >= 0.3 is 0 Å². The minimum atomic E-state index is -1.48. The topological polar surface area (TPSA) is 17.1 Å². The molecule has 0 N–H and O–H groups in total. The highest BCUT2D eigenvalue weighted by Gasteiger charge is 2.23. The van der Waals surface area contributed by atoms with Crippen LogP contribution in [0.25, 0.3) is 0 Å². The highest BCUT2D eigenvalue weighted by Crippen LogP contribution is 2.32. The summed E-state index contributed by atoms with van der Waals surface area (Å²) in [5, 5.41) is -0.924. The van der Waals surface area contributed by atoms with Gasteiger partial charge in [-0.1, -0.05) is 11.6 Å². The number of rotatable bonds is 2. The Bertz CT molecular complexity index is 405. The normalized spacial score (nSPS) is 10.5. The van der Waals surface area contributed by atoms with Gasteiger partial charge in [0, 0.05) is 12.0 Å². The Morgan fingerprint density at radius 2 is 1.80 bits per heavy atom. The summed E-state index contributed by atoms with van der Waals surface area (Å²) in [4.78, 5) is 10.8. The fourth-order valence-corrected chi connectivity index (χ4v) is 1.86. The number of hydrogen-bond acceptors (Lipinski definition) is 1. The summed E-state index contributed by atoms with van der Waals surface area (Å²) in [6, 6.07) is 0. The van der Waals surface area contributed by atoms with Gasteiger partial charge in [-0.15, -0.1) is 0 Å². The number of carbonyl (C=O) groups is 1. The van der Waals surface area contributed by atoms with Crippen molar-refractivity contribution >= 4 is 33.3 Å². The second-order valence-electron chi connectivity index (χ2n) is 2.93. The molecule has 82 valence electrons. The molecule has 0 atom stereocenters. The Morgan fingerprint density at radius 3 is 2.27 bits per heavy atom. The van der Waals surface area contributed by atoms with Crippen molar-refractivity contribution in [3.8, 4) is 0 Å². The van der Waals surface area contributed by atoms with Crippen molar-refractivity contribution in [3.05, 3.63) is 32.5 Å². The zero-order valence-electron chi connectivity index (χ0n) is 7.51. The van der Waals surface area contributed by atoms with E-state index in [1.165, 1.54) is 6.92 Å². The highest BCUT2D eigenvalue weighted by molar-refractivity contribution is 9.10. The summed E-state index contributed by atoms with van der Waals surface area (Å²) in [6.07, 6.45) is -0.391. The summed E-state index contributed by atoms with van der Waals surface area (Å²) in [6.45, 7) is 1.19. The Labute approximate surface area is 97.4 Å². The molecular weight excluding hydrogens is 296 g/mol. The van der Waals surface area contributed by atoms with Gasteiger partial charge in [0.25, 0.3) is 0 Å². The number of benzene rings is 1. The van der Waals surface area contributed by atoms with Crippen LogP contribution in [0.1, 0.15) is 12.5 Å². The van der Waals surface area contributed by atoms with Crippen LogP contribution < -0.4 is 0 Å². The predicted molar refractivity (Wildman–Crippen MR) is 53.4 cm³/mol. The molecule has 1 aromatic rings. The van der Waals surface area contributed by atoms with Crippen molar-refractivity contribution in [1.29, 1.82) is 0 Å². The molecule has 1 rings (SSSR count). The molecule has 0 bridgehead atoms. The fourth-order valence-electron chi connectivity index (χ4n) is 1.05. The SMILES string of the molecule is CC(=O)Cc1c(F)c(F)c(Cl)c(F)c1Br. The van der Waals surface area contributed by atoms with Crippen molar-refractivity contribution < 1.29 is 18.0 Å². The van der Waals surface area contributed by atoms with Crippen LogP contribution in [0.5, 0.6) is 0 Å². The van der Waals surface area contributed by atoms with Crippen LogP contribution in [0.2, 0.25) is 5.02 Å². The van der Waals surface area contributed by atoms with E-state index in [0.29, 0.717) is 0 Å². The smallest absolute Gasteiger partial charge is 0.180 e. The van der Waals surface area contributed by atoms with E-state index < -0.39 is 34.7 Å². The second-order valence-corrected chi connectivity index (χ2v) is 4.10. The Morgan fingerprint density at radius 1 is 1.27 bits per heavy atom. The van der Waals surface area contributed by atoms with Gasteiger partial charge in [0.1, 0.15) is 10.8 Å². The molecule has 0 spiro atoms. The molecule has 0 aliphatic rings. The maximum atomic E-state index is 13.3. The lowest BCUT2D eigenvalue weighted by Crippen LogP contribution is -2.05. The lowest BCUT2D eigenvalue weighted by atomic mass is 10.1. The van der Waals surface area contributed by atoms with Crippen LogP contribution in [-0.4, -0.2) is 5.78 Å². The van der Waals surface area contributed by atoms with Crippen LogP contribution >= 0.6 is 27.5 Å². The quantitative estimate of drug-likeness (QED) is 0.602. The standard InChI is InChI=1S/C9H5BrClF3O/c1-3(15)2-4-5(10)8(13)6(11)9(14)7(4)12/h2H2,1H3. The Balaban J connectivity index is 3.45. The molecule has 0 aliphatic carbocycles. The van der Waals surface area contributed by atoms with Crippen molar-refractivity contribution in [2.45, 2.75) is 13.3 Å². The van der Waals surface area contributed by atoms with Crippen LogP contribution in [0, 0.1) is 17.5 Å². The first-order valence-corrected chi connectivity index (χ1v) is 5.03. The van der Waals surface area contributed by atoms with Crippen molar-refractivity contribution in [2.24, 2.45) is 0 Å². The zero-order chi connectivity index (χ0) is 11.7. The summed E-state index contributed by atoms with van der Waals surface area (Å²) < 4.78 is 39.1. The van der Waals surface area contributed by atoms with Gasteiger partial charge in [0.2, 0.25) is 0 Å². The monoisotopic (exact) mass is 300 g/mol. The third-order valence-corrected chi connectivity index (χ3v) is 2.89.